The largest absolute Gasteiger partial charge is 0.465 e. The van der Waals surface area contributed by atoms with Crippen molar-refractivity contribution in [3.63, 3.8) is 0 Å². The van der Waals surface area contributed by atoms with Gasteiger partial charge in [-0.15, -0.1) is 11.3 Å². The molecule has 0 aromatic carbocycles. The van der Waals surface area contributed by atoms with Crippen LogP contribution in [0.4, 0.5) is 0 Å². The van der Waals surface area contributed by atoms with E-state index in [0.29, 0.717) is 12.1 Å². The van der Waals surface area contributed by atoms with Crippen molar-refractivity contribution in [2.75, 3.05) is 26.7 Å². The molecule has 2 heterocycles. The smallest absolute Gasteiger partial charge is 0.349 e. The summed E-state index contributed by atoms with van der Waals surface area (Å²) in [5.41, 5.74) is 0.501. The van der Waals surface area contributed by atoms with E-state index in [1.54, 1.807) is 12.3 Å². The quantitative estimate of drug-likeness (QED) is 0.790. The average molecular weight is 346 g/mol. The number of methoxy groups -OCH3 is 1. The lowest BCUT2D eigenvalue weighted by Gasteiger charge is -2.34. The number of piperidine rings is 1. The highest BCUT2D eigenvalue weighted by Crippen LogP contribution is 2.30. The molecule has 0 unspecified atom stereocenters. The third-order valence-corrected chi connectivity index (χ3v) is 6.85. The summed E-state index contributed by atoms with van der Waals surface area (Å²) in [5.74, 6) is -0.619. The Balaban J connectivity index is 2.20. The van der Waals surface area contributed by atoms with Crippen LogP contribution in [0.1, 0.15) is 35.0 Å². The Bertz CT molecular complexity index is 646. The molecule has 2 rings (SSSR count). The number of carbonyl (C=O) groups excluding carboxylic acids is 1. The molecule has 0 amide bonds. The van der Waals surface area contributed by atoms with E-state index in [-0.39, 0.29) is 15.2 Å². The predicted octanol–water partition coefficient (Wildman–Crippen LogP) is 1.51. The van der Waals surface area contributed by atoms with Gasteiger partial charge in [0.1, 0.15) is 9.77 Å². The summed E-state index contributed by atoms with van der Waals surface area (Å²) < 4.78 is 32.6. The van der Waals surface area contributed by atoms with Crippen LogP contribution in [-0.4, -0.2) is 41.1 Å². The molecule has 1 aromatic heterocycles. The highest BCUT2D eigenvalue weighted by Gasteiger charge is 2.32. The summed E-state index contributed by atoms with van der Waals surface area (Å²) in [6, 6.07) is 0. The molecule has 0 radical (unpaired) electrons. The standard InChI is InChI=1S/C14H22N2O4S2/c1-10-8-21-11(13(17)20-3)12(10)22(18,19)16-9-14(2)4-6-15-7-5-14/h8,15-16H,4-7,9H2,1-3H3. The third kappa shape index (κ3) is 3.68. The number of rotatable bonds is 5. The van der Waals surface area contributed by atoms with Gasteiger partial charge < -0.3 is 10.1 Å². The predicted molar refractivity (Wildman–Crippen MR) is 85.8 cm³/mol. The summed E-state index contributed by atoms with van der Waals surface area (Å²) in [4.78, 5) is 11.9. The van der Waals surface area contributed by atoms with Crippen molar-refractivity contribution in [2.24, 2.45) is 5.41 Å². The Labute approximate surface area is 135 Å². The van der Waals surface area contributed by atoms with Crippen LogP contribution in [0.3, 0.4) is 0 Å². The van der Waals surface area contributed by atoms with E-state index < -0.39 is 16.0 Å². The fraction of sp³-hybridized carbons (Fsp3) is 0.643. The minimum Gasteiger partial charge on any atom is -0.465 e. The molecule has 0 spiro atoms. The number of aryl methyl sites for hydroxylation is 1. The van der Waals surface area contributed by atoms with E-state index in [2.05, 4.69) is 21.7 Å². The molecule has 1 saturated heterocycles. The van der Waals surface area contributed by atoms with Crippen LogP contribution in [0.5, 0.6) is 0 Å². The molecule has 124 valence electrons. The maximum atomic E-state index is 12.6. The second-order valence-corrected chi connectivity index (χ2v) is 8.54. The van der Waals surface area contributed by atoms with E-state index in [4.69, 9.17) is 0 Å². The first kappa shape index (κ1) is 17.4. The number of sulfonamides is 1. The Kier molecular flexibility index (Phi) is 5.26. The van der Waals surface area contributed by atoms with Crippen LogP contribution < -0.4 is 10.0 Å². The first-order chi connectivity index (χ1) is 10.3. The van der Waals surface area contributed by atoms with Crippen LogP contribution in [0.25, 0.3) is 0 Å². The van der Waals surface area contributed by atoms with Gasteiger partial charge in [0.2, 0.25) is 10.0 Å². The van der Waals surface area contributed by atoms with Crippen molar-refractivity contribution in [3.8, 4) is 0 Å². The molecule has 1 aliphatic rings. The summed E-state index contributed by atoms with van der Waals surface area (Å²) in [6.45, 7) is 5.92. The zero-order valence-corrected chi connectivity index (χ0v) is 14.7. The van der Waals surface area contributed by atoms with Crippen LogP contribution in [0, 0.1) is 12.3 Å². The van der Waals surface area contributed by atoms with Gasteiger partial charge in [-0.1, -0.05) is 6.92 Å². The number of hydrogen-bond acceptors (Lipinski definition) is 6. The lowest BCUT2D eigenvalue weighted by molar-refractivity contribution is 0.0602. The van der Waals surface area contributed by atoms with Gasteiger partial charge in [-0.3, -0.25) is 0 Å². The minimum absolute atomic E-state index is 0.0434. The van der Waals surface area contributed by atoms with E-state index >= 15 is 0 Å². The summed E-state index contributed by atoms with van der Waals surface area (Å²) >= 11 is 1.09. The molecule has 22 heavy (non-hydrogen) atoms. The first-order valence-corrected chi connectivity index (χ1v) is 9.52. The molecule has 0 aliphatic carbocycles. The topological polar surface area (TPSA) is 84.5 Å². The Morgan fingerprint density at radius 1 is 1.45 bits per heavy atom. The third-order valence-electron chi connectivity index (χ3n) is 4.06. The van der Waals surface area contributed by atoms with Crippen molar-refractivity contribution in [2.45, 2.75) is 31.6 Å². The highest BCUT2D eigenvalue weighted by atomic mass is 32.2. The van der Waals surface area contributed by atoms with Crippen LogP contribution >= 0.6 is 11.3 Å². The van der Waals surface area contributed by atoms with Gasteiger partial charge >= 0.3 is 5.97 Å². The lowest BCUT2D eigenvalue weighted by atomic mass is 9.81. The average Bonchev–Trinajstić information content (AvgIpc) is 2.88. The molecule has 6 nitrogen and oxygen atoms in total. The van der Waals surface area contributed by atoms with Crippen LogP contribution in [-0.2, 0) is 14.8 Å². The highest BCUT2D eigenvalue weighted by molar-refractivity contribution is 7.89. The Hall–Kier alpha value is -0.960. The summed E-state index contributed by atoms with van der Waals surface area (Å²) in [5, 5.41) is 4.93. The van der Waals surface area contributed by atoms with Gasteiger partial charge in [-0.05, 0) is 49.2 Å². The second-order valence-electron chi connectivity index (χ2n) is 5.95. The Morgan fingerprint density at radius 3 is 2.68 bits per heavy atom. The fourth-order valence-corrected chi connectivity index (χ4v) is 5.45. The number of ether oxygens (including phenoxy) is 1. The summed E-state index contributed by atoms with van der Waals surface area (Å²) in [6.07, 6.45) is 1.84. The molecular formula is C14H22N2O4S2. The SMILES string of the molecule is COC(=O)c1scc(C)c1S(=O)(=O)NCC1(C)CCNCC1. The van der Waals surface area contributed by atoms with Gasteiger partial charge in [-0.2, -0.15) is 0 Å². The zero-order valence-electron chi connectivity index (χ0n) is 13.1. The number of hydrogen-bond donors (Lipinski definition) is 2. The molecule has 1 fully saturated rings. The van der Waals surface area contributed by atoms with Crippen molar-refractivity contribution >= 4 is 27.3 Å². The van der Waals surface area contributed by atoms with Gasteiger partial charge in [0, 0.05) is 6.54 Å². The van der Waals surface area contributed by atoms with Gasteiger partial charge in [0.05, 0.1) is 7.11 Å². The monoisotopic (exact) mass is 346 g/mol. The Morgan fingerprint density at radius 2 is 2.09 bits per heavy atom. The molecule has 1 aliphatic heterocycles. The summed E-state index contributed by atoms with van der Waals surface area (Å²) in [7, 11) is -2.48. The van der Waals surface area contributed by atoms with Crippen molar-refractivity contribution in [1.82, 2.24) is 10.0 Å². The molecule has 1 aromatic rings. The number of esters is 1. The lowest BCUT2D eigenvalue weighted by Crippen LogP contribution is -2.43. The zero-order chi connectivity index (χ0) is 16.4. The van der Waals surface area contributed by atoms with E-state index in [1.807, 2.05) is 0 Å². The maximum Gasteiger partial charge on any atom is 0.349 e. The number of carbonyl (C=O) groups is 1. The molecule has 2 N–H and O–H groups in total. The number of thiophene rings is 1. The van der Waals surface area contributed by atoms with Gasteiger partial charge in [-0.25, -0.2) is 17.9 Å². The fourth-order valence-electron chi connectivity index (χ4n) is 2.55. The van der Waals surface area contributed by atoms with Crippen molar-refractivity contribution in [1.29, 1.82) is 0 Å². The van der Waals surface area contributed by atoms with E-state index in [0.717, 1.165) is 37.3 Å². The molecule has 0 saturated carbocycles. The normalized spacial score (nSPS) is 18.1. The van der Waals surface area contributed by atoms with Gasteiger partial charge in [0.15, 0.2) is 0 Å². The second kappa shape index (κ2) is 6.66. The van der Waals surface area contributed by atoms with Crippen LogP contribution in [0.15, 0.2) is 10.3 Å². The first-order valence-electron chi connectivity index (χ1n) is 7.16. The van der Waals surface area contributed by atoms with Crippen molar-refractivity contribution < 1.29 is 17.9 Å². The minimum atomic E-state index is -3.73. The van der Waals surface area contributed by atoms with Gasteiger partial charge in [0.25, 0.3) is 0 Å². The molecule has 0 bridgehead atoms. The molecule has 8 heteroatoms. The molecule has 0 atom stereocenters. The van der Waals surface area contributed by atoms with E-state index in [1.165, 1.54) is 7.11 Å². The van der Waals surface area contributed by atoms with Crippen molar-refractivity contribution in [3.05, 3.63) is 15.8 Å². The van der Waals surface area contributed by atoms with E-state index in [9.17, 15) is 13.2 Å². The maximum absolute atomic E-state index is 12.6. The number of nitrogens with one attached hydrogen (secondary N) is 2. The van der Waals surface area contributed by atoms with Crippen LogP contribution in [0.2, 0.25) is 0 Å². The molecular weight excluding hydrogens is 324 g/mol.